The summed E-state index contributed by atoms with van der Waals surface area (Å²) in [5.41, 5.74) is -1.29. The Morgan fingerprint density at radius 3 is 2.41 bits per heavy atom. The lowest BCUT2D eigenvalue weighted by molar-refractivity contribution is -0.137. The Kier molecular flexibility index (Phi) is 7.40. The number of amides is 1. The average molecular weight is 481 g/mol. The molecule has 2 saturated carbocycles. The molecule has 4 rings (SSSR count). The van der Waals surface area contributed by atoms with Crippen LogP contribution in [0.15, 0.2) is 30.5 Å². The summed E-state index contributed by atoms with van der Waals surface area (Å²) in [6, 6.07) is 3.04. The lowest BCUT2D eigenvalue weighted by atomic mass is 9.92. The first kappa shape index (κ1) is 24.4. The molecule has 5 nitrogen and oxygen atoms in total. The SMILES string of the molecule is O=C(NC1CCCC[C@H]1O)c1cnc(OC2CCCCC2)c(-c2cc(C(F)(F)F)ccc2F)c1. The molecule has 0 aliphatic heterocycles. The number of halogens is 4. The molecule has 2 fully saturated rings. The molecule has 0 radical (unpaired) electrons. The molecule has 2 aromatic rings. The number of benzene rings is 1. The van der Waals surface area contributed by atoms with Gasteiger partial charge in [0.25, 0.3) is 5.91 Å². The third kappa shape index (κ3) is 5.68. The second kappa shape index (κ2) is 10.3. The number of nitrogens with one attached hydrogen (secondary N) is 1. The van der Waals surface area contributed by atoms with Crippen molar-refractivity contribution < 1.29 is 32.2 Å². The van der Waals surface area contributed by atoms with E-state index in [1.807, 2.05) is 0 Å². The summed E-state index contributed by atoms with van der Waals surface area (Å²) >= 11 is 0. The van der Waals surface area contributed by atoms with Gasteiger partial charge in [0.2, 0.25) is 5.88 Å². The van der Waals surface area contributed by atoms with E-state index in [0.717, 1.165) is 51.0 Å². The first-order valence-electron chi connectivity index (χ1n) is 11.7. The van der Waals surface area contributed by atoms with Crippen LogP contribution in [0.3, 0.4) is 0 Å². The van der Waals surface area contributed by atoms with Crippen molar-refractivity contribution >= 4 is 5.91 Å². The van der Waals surface area contributed by atoms with Gasteiger partial charge in [-0.3, -0.25) is 4.79 Å². The van der Waals surface area contributed by atoms with E-state index in [1.54, 1.807) is 0 Å². The molecule has 34 heavy (non-hydrogen) atoms. The van der Waals surface area contributed by atoms with Crippen LogP contribution in [0, 0.1) is 5.82 Å². The topological polar surface area (TPSA) is 71.5 Å². The van der Waals surface area contributed by atoms with Gasteiger partial charge >= 0.3 is 6.18 Å². The maximum Gasteiger partial charge on any atom is 0.416 e. The van der Waals surface area contributed by atoms with Crippen molar-refractivity contribution in [1.29, 1.82) is 0 Å². The van der Waals surface area contributed by atoms with Gasteiger partial charge in [-0.1, -0.05) is 19.3 Å². The number of aromatic nitrogens is 1. The highest BCUT2D eigenvalue weighted by molar-refractivity contribution is 5.95. The Morgan fingerprint density at radius 1 is 1.00 bits per heavy atom. The number of carbonyl (C=O) groups excluding carboxylic acids is 1. The Labute approximate surface area is 195 Å². The molecule has 184 valence electrons. The number of aliphatic hydroxyl groups is 1. The molecule has 2 atom stereocenters. The Balaban J connectivity index is 1.70. The fourth-order valence-electron chi connectivity index (χ4n) is 4.64. The number of carbonyl (C=O) groups is 1. The summed E-state index contributed by atoms with van der Waals surface area (Å²) in [6.07, 6.45) is 3.27. The van der Waals surface area contributed by atoms with Crippen LogP contribution in [0.2, 0.25) is 0 Å². The van der Waals surface area contributed by atoms with Gasteiger partial charge in [-0.15, -0.1) is 0 Å². The largest absolute Gasteiger partial charge is 0.474 e. The lowest BCUT2D eigenvalue weighted by Gasteiger charge is -2.28. The molecule has 1 amide bonds. The van der Waals surface area contributed by atoms with Crippen LogP contribution in [0.5, 0.6) is 5.88 Å². The number of ether oxygens (including phenoxy) is 1. The highest BCUT2D eigenvalue weighted by Crippen LogP contribution is 2.37. The van der Waals surface area contributed by atoms with Crippen molar-refractivity contribution in [1.82, 2.24) is 10.3 Å². The number of rotatable bonds is 5. The summed E-state index contributed by atoms with van der Waals surface area (Å²) in [5.74, 6) is -1.40. The molecule has 0 bridgehead atoms. The summed E-state index contributed by atoms with van der Waals surface area (Å²) in [7, 11) is 0. The van der Waals surface area contributed by atoms with Crippen molar-refractivity contribution in [3.05, 3.63) is 47.4 Å². The molecular formula is C25H28F4N2O3. The zero-order valence-electron chi connectivity index (χ0n) is 18.7. The summed E-state index contributed by atoms with van der Waals surface area (Å²) in [5, 5.41) is 12.9. The van der Waals surface area contributed by atoms with Crippen LogP contribution in [-0.4, -0.2) is 34.2 Å². The van der Waals surface area contributed by atoms with Gasteiger partial charge in [-0.2, -0.15) is 13.2 Å². The van der Waals surface area contributed by atoms with Gasteiger partial charge in [0, 0.05) is 17.3 Å². The average Bonchev–Trinajstić information content (AvgIpc) is 2.81. The van der Waals surface area contributed by atoms with Crippen LogP contribution in [0.1, 0.15) is 73.7 Å². The Hall–Kier alpha value is -2.68. The van der Waals surface area contributed by atoms with Gasteiger partial charge in [0.1, 0.15) is 11.9 Å². The molecule has 1 aromatic heterocycles. The van der Waals surface area contributed by atoms with Crippen molar-refractivity contribution in [2.45, 2.75) is 82.2 Å². The first-order chi connectivity index (χ1) is 16.2. The summed E-state index contributed by atoms with van der Waals surface area (Å²) in [6.45, 7) is 0. The highest BCUT2D eigenvalue weighted by atomic mass is 19.4. The van der Waals surface area contributed by atoms with Crippen molar-refractivity contribution in [2.24, 2.45) is 0 Å². The third-order valence-electron chi connectivity index (χ3n) is 6.57. The zero-order valence-corrected chi connectivity index (χ0v) is 18.7. The van der Waals surface area contributed by atoms with Gasteiger partial charge < -0.3 is 15.2 Å². The lowest BCUT2D eigenvalue weighted by Crippen LogP contribution is -2.45. The molecule has 0 spiro atoms. The van der Waals surface area contributed by atoms with Gasteiger partial charge in [-0.25, -0.2) is 9.37 Å². The smallest absolute Gasteiger partial charge is 0.416 e. The normalized spacial score (nSPS) is 21.8. The zero-order chi connectivity index (χ0) is 24.3. The number of hydrogen-bond acceptors (Lipinski definition) is 4. The minimum atomic E-state index is -4.66. The predicted molar refractivity (Wildman–Crippen MR) is 118 cm³/mol. The highest BCUT2D eigenvalue weighted by Gasteiger charge is 2.32. The van der Waals surface area contributed by atoms with E-state index < -0.39 is 35.6 Å². The van der Waals surface area contributed by atoms with Gasteiger partial charge in [-0.05, 0) is 62.8 Å². The molecule has 1 aromatic carbocycles. The summed E-state index contributed by atoms with van der Waals surface area (Å²) in [4.78, 5) is 17.1. The fourth-order valence-corrected chi connectivity index (χ4v) is 4.64. The van der Waals surface area contributed by atoms with E-state index in [0.29, 0.717) is 25.0 Å². The minimum Gasteiger partial charge on any atom is -0.474 e. The van der Waals surface area contributed by atoms with E-state index in [2.05, 4.69) is 10.3 Å². The number of aliphatic hydroxyl groups excluding tert-OH is 1. The van der Waals surface area contributed by atoms with Crippen molar-refractivity contribution in [2.75, 3.05) is 0 Å². The standard InChI is InChI=1S/C25H28F4N2O3/c26-20-11-10-16(25(27,28)29)13-18(20)19-12-15(23(33)31-21-8-4-5-9-22(21)32)14-30-24(19)34-17-6-2-1-3-7-17/h10-14,17,21-22,32H,1-9H2,(H,31,33)/t21?,22-/m1/s1. The molecule has 2 aliphatic carbocycles. The van der Waals surface area contributed by atoms with Crippen molar-refractivity contribution in [3.63, 3.8) is 0 Å². The molecule has 0 saturated heterocycles. The van der Waals surface area contributed by atoms with Gasteiger partial charge in [0.15, 0.2) is 0 Å². The van der Waals surface area contributed by atoms with Crippen molar-refractivity contribution in [3.8, 4) is 17.0 Å². The van der Waals surface area contributed by atoms with Crippen LogP contribution < -0.4 is 10.1 Å². The Bertz CT molecular complexity index is 1020. The third-order valence-corrected chi connectivity index (χ3v) is 6.57. The molecule has 1 heterocycles. The van der Waals surface area contributed by atoms with E-state index in [9.17, 15) is 27.5 Å². The second-order valence-electron chi connectivity index (χ2n) is 9.08. The molecule has 2 N–H and O–H groups in total. The minimum absolute atomic E-state index is 0.000578. The predicted octanol–water partition coefficient (Wildman–Crippen LogP) is 5.65. The molecule has 1 unspecified atom stereocenters. The fraction of sp³-hybridized carbons (Fsp3) is 0.520. The van der Waals surface area contributed by atoms with E-state index in [1.165, 1.54) is 12.3 Å². The van der Waals surface area contributed by atoms with Crippen LogP contribution >= 0.6 is 0 Å². The quantitative estimate of drug-likeness (QED) is 0.543. The number of hydrogen-bond donors (Lipinski definition) is 2. The monoisotopic (exact) mass is 480 g/mol. The second-order valence-corrected chi connectivity index (χ2v) is 9.08. The molecule has 2 aliphatic rings. The summed E-state index contributed by atoms with van der Waals surface area (Å²) < 4.78 is 60.8. The van der Waals surface area contributed by atoms with Gasteiger partial charge in [0.05, 0.1) is 23.3 Å². The number of nitrogens with zero attached hydrogens (tertiary/aromatic N) is 1. The first-order valence-corrected chi connectivity index (χ1v) is 11.7. The maximum atomic E-state index is 14.8. The van der Waals surface area contributed by atoms with Crippen LogP contribution in [0.4, 0.5) is 17.6 Å². The maximum absolute atomic E-state index is 14.8. The van der Waals surface area contributed by atoms with E-state index >= 15 is 0 Å². The van der Waals surface area contributed by atoms with Crippen LogP contribution in [-0.2, 0) is 6.18 Å². The Morgan fingerprint density at radius 2 is 1.71 bits per heavy atom. The number of pyridine rings is 1. The van der Waals surface area contributed by atoms with E-state index in [-0.39, 0.29) is 28.7 Å². The molecule has 9 heteroatoms. The molecular weight excluding hydrogens is 452 g/mol. The number of alkyl halides is 3. The van der Waals surface area contributed by atoms with E-state index in [4.69, 9.17) is 4.74 Å². The van der Waals surface area contributed by atoms with Crippen LogP contribution in [0.25, 0.3) is 11.1 Å².